The van der Waals surface area contributed by atoms with Crippen molar-refractivity contribution in [2.75, 3.05) is 5.75 Å². The average molecular weight is 399 g/mol. The summed E-state index contributed by atoms with van der Waals surface area (Å²) in [6.45, 7) is 6.70. The highest BCUT2D eigenvalue weighted by Crippen LogP contribution is 2.27. The highest BCUT2D eigenvalue weighted by Gasteiger charge is 2.18. The number of carbonyl (C=O) groups excluding carboxylic acids is 1. The monoisotopic (exact) mass is 398 g/mol. The number of furan rings is 1. The molecule has 0 aliphatic carbocycles. The summed E-state index contributed by atoms with van der Waals surface area (Å²) in [7, 11) is 0. The van der Waals surface area contributed by atoms with Gasteiger partial charge in [0.15, 0.2) is 11.0 Å². The lowest BCUT2D eigenvalue weighted by Gasteiger charge is -2.12. The minimum absolute atomic E-state index is 0.0120. The van der Waals surface area contributed by atoms with Crippen molar-refractivity contribution >= 4 is 17.7 Å². The van der Waals surface area contributed by atoms with E-state index >= 15 is 0 Å². The molecule has 1 N–H and O–H groups in total. The van der Waals surface area contributed by atoms with E-state index in [9.17, 15) is 4.79 Å². The summed E-state index contributed by atoms with van der Waals surface area (Å²) in [4.78, 5) is 12.2. The molecule has 28 heavy (non-hydrogen) atoms. The summed E-state index contributed by atoms with van der Waals surface area (Å²) in [5.41, 5.74) is 2.17. The Balaban J connectivity index is 1.78. The summed E-state index contributed by atoms with van der Waals surface area (Å²) in [6.07, 6.45) is 3.43. The zero-order chi connectivity index (χ0) is 19.9. The van der Waals surface area contributed by atoms with Crippen LogP contribution < -0.4 is 5.32 Å². The summed E-state index contributed by atoms with van der Waals surface area (Å²) < 4.78 is 7.52. The molecule has 1 atom stereocenters. The lowest BCUT2D eigenvalue weighted by molar-refractivity contribution is -0.119. The van der Waals surface area contributed by atoms with Crippen LogP contribution in [0.4, 0.5) is 0 Å². The maximum Gasteiger partial charge on any atom is 0.230 e. The van der Waals surface area contributed by atoms with Crippen molar-refractivity contribution in [2.45, 2.75) is 51.4 Å². The van der Waals surface area contributed by atoms with Gasteiger partial charge in [-0.2, -0.15) is 0 Å². The first-order valence-corrected chi connectivity index (χ1v) is 10.5. The third kappa shape index (κ3) is 5.04. The molecule has 1 aromatic carbocycles. The van der Waals surface area contributed by atoms with Crippen molar-refractivity contribution in [1.29, 1.82) is 0 Å². The second-order valence-corrected chi connectivity index (χ2v) is 7.69. The molecule has 0 aliphatic rings. The van der Waals surface area contributed by atoms with Crippen molar-refractivity contribution in [3.63, 3.8) is 0 Å². The zero-order valence-corrected chi connectivity index (χ0v) is 17.3. The average Bonchev–Trinajstić information content (AvgIpc) is 3.30. The number of aryl methyl sites for hydroxylation is 2. The Morgan fingerprint density at radius 2 is 2.04 bits per heavy atom. The van der Waals surface area contributed by atoms with Crippen LogP contribution in [-0.4, -0.2) is 32.5 Å². The number of hydrogen-bond acceptors (Lipinski definition) is 5. The predicted molar refractivity (Wildman–Crippen MR) is 111 cm³/mol. The molecule has 0 radical (unpaired) electrons. The lowest BCUT2D eigenvalue weighted by atomic mass is 10.1. The fourth-order valence-corrected chi connectivity index (χ4v) is 3.62. The van der Waals surface area contributed by atoms with Gasteiger partial charge in [0, 0.05) is 12.6 Å². The van der Waals surface area contributed by atoms with Crippen LogP contribution in [0.5, 0.6) is 0 Å². The number of benzene rings is 1. The molecule has 148 valence electrons. The molecule has 0 saturated carbocycles. The van der Waals surface area contributed by atoms with Crippen molar-refractivity contribution < 1.29 is 9.21 Å². The Morgan fingerprint density at radius 3 is 2.71 bits per heavy atom. The van der Waals surface area contributed by atoms with E-state index in [-0.39, 0.29) is 11.9 Å². The van der Waals surface area contributed by atoms with E-state index in [4.69, 9.17) is 4.42 Å². The van der Waals surface area contributed by atoms with Crippen LogP contribution in [0.3, 0.4) is 0 Å². The van der Waals surface area contributed by atoms with Gasteiger partial charge in [0.1, 0.15) is 5.76 Å². The third-order valence-electron chi connectivity index (χ3n) is 4.64. The van der Waals surface area contributed by atoms with Gasteiger partial charge in [-0.25, -0.2) is 0 Å². The second-order valence-electron chi connectivity index (χ2n) is 6.75. The van der Waals surface area contributed by atoms with Gasteiger partial charge in [-0.1, -0.05) is 49.0 Å². The zero-order valence-electron chi connectivity index (χ0n) is 16.5. The number of rotatable bonds is 9. The fraction of sp³-hybridized carbons (Fsp3) is 0.381. The number of amides is 1. The van der Waals surface area contributed by atoms with Crippen molar-refractivity contribution in [3.05, 3.63) is 54.0 Å². The predicted octanol–water partition coefficient (Wildman–Crippen LogP) is 4.10. The number of nitrogens with zero attached hydrogens (tertiary/aromatic N) is 3. The Hall–Kier alpha value is -2.54. The molecule has 3 aromatic rings. The molecular weight excluding hydrogens is 372 g/mol. The summed E-state index contributed by atoms with van der Waals surface area (Å²) >= 11 is 1.41. The van der Waals surface area contributed by atoms with Gasteiger partial charge in [-0.05, 0) is 38.3 Å². The largest absolute Gasteiger partial charge is 0.469 e. The molecule has 2 heterocycles. The van der Waals surface area contributed by atoms with Gasteiger partial charge in [0.2, 0.25) is 5.91 Å². The fourth-order valence-electron chi connectivity index (χ4n) is 2.85. The summed E-state index contributed by atoms with van der Waals surface area (Å²) in [6, 6.07) is 12.4. The number of aromatic nitrogens is 3. The van der Waals surface area contributed by atoms with E-state index in [0.717, 1.165) is 41.7 Å². The van der Waals surface area contributed by atoms with Crippen LogP contribution in [0.15, 0.2) is 52.2 Å². The van der Waals surface area contributed by atoms with Crippen LogP contribution in [0, 0.1) is 6.92 Å². The molecule has 0 spiro atoms. The van der Waals surface area contributed by atoms with Gasteiger partial charge in [-0.3, -0.25) is 4.79 Å². The van der Waals surface area contributed by atoms with E-state index in [1.54, 1.807) is 6.26 Å². The van der Waals surface area contributed by atoms with Crippen molar-refractivity contribution in [1.82, 2.24) is 20.1 Å². The standard InChI is InChI=1S/C21H26N4O2S/c1-4-15(2)22-19(26)14-28-21-24-23-20(18-11-13-27-16(18)3)25(21)12-10-17-8-6-5-7-9-17/h5-9,11,13,15H,4,10,12,14H2,1-3H3,(H,22,26)/t15-/m0/s1. The second kappa shape index (κ2) is 9.59. The van der Waals surface area contributed by atoms with Gasteiger partial charge in [0.25, 0.3) is 0 Å². The van der Waals surface area contributed by atoms with Crippen LogP contribution in [0.1, 0.15) is 31.6 Å². The Morgan fingerprint density at radius 1 is 1.25 bits per heavy atom. The quantitative estimate of drug-likeness (QED) is 0.550. The van der Waals surface area contributed by atoms with Crippen molar-refractivity contribution in [3.8, 4) is 11.4 Å². The Bertz CT molecular complexity index is 904. The van der Waals surface area contributed by atoms with E-state index in [0.29, 0.717) is 5.75 Å². The number of thioether (sulfide) groups is 1. The summed E-state index contributed by atoms with van der Waals surface area (Å²) in [5, 5.41) is 12.5. The van der Waals surface area contributed by atoms with Crippen LogP contribution in [0.25, 0.3) is 11.4 Å². The Kier molecular flexibility index (Phi) is 6.92. The number of nitrogens with one attached hydrogen (secondary N) is 1. The van der Waals surface area contributed by atoms with Gasteiger partial charge in [-0.15, -0.1) is 10.2 Å². The normalized spacial score (nSPS) is 12.1. The van der Waals surface area contributed by atoms with Crippen LogP contribution >= 0.6 is 11.8 Å². The molecule has 3 rings (SSSR count). The molecule has 0 fully saturated rings. The third-order valence-corrected chi connectivity index (χ3v) is 5.60. The minimum atomic E-state index is 0.0120. The maximum absolute atomic E-state index is 12.2. The molecule has 7 heteroatoms. The maximum atomic E-state index is 12.2. The molecule has 0 unspecified atom stereocenters. The topological polar surface area (TPSA) is 73.0 Å². The first kappa shape index (κ1) is 20.2. The molecule has 2 aromatic heterocycles. The Labute approximate surface area is 169 Å². The van der Waals surface area contributed by atoms with Gasteiger partial charge >= 0.3 is 0 Å². The lowest BCUT2D eigenvalue weighted by Crippen LogP contribution is -2.33. The van der Waals surface area contributed by atoms with Crippen LogP contribution in [-0.2, 0) is 17.8 Å². The van der Waals surface area contributed by atoms with Crippen LogP contribution in [0.2, 0.25) is 0 Å². The molecule has 1 amide bonds. The van der Waals surface area contributed by atoms with Gasteiger partial charge < -0.3 is 14.3 Å². The van der Waals surface area contributed by atoms with Gasteiger partial charge in [0.05, 0.1) is 17.6 Å². The van der Waals surface area contributed by atoms with E-state index in [1.807, 2.05) is 38.1 Å². The van der Waals surface area contributed by atoms with Crippen molar-refractivity contribution in [2.24, 2.45) is 0 Å². The highest BCUT2D eigenvalue weighted by molar-refractivity contribution is 7.99. The molecule has 6 nitrogen and oxygen atoms in total. The number of hydrogen-bond donors (Lipinski definition) is 1. The van der Waals surface area contributed by atoms with E-state index < -0.39 is 0 Å². The smallest absolute Gasteiger partial charge is 0.230 e. The first-order valence-electron chi connectivity index (χ1n) is 9.52. The molecule has 0 aliphatic heterocycles. The number of carbonyl (C=O) groups is 1. The minimum Gasteiger partial charge on any atom is -0.469 e. The highest BCUT2D eigenvalue weighted by atomic mass is 32.2. The first-order chi connectivity index (χ1) is 13.6. The van der Waals surface area contributed by atoms with E-state index in [2.05, 4.69) is 39.1 Å². The van der Waals surface area contributed by atoms with E-state index in [1.165, 1.54) is 17.3 Å². The molecule has 0 saturated heterocycles. The molecular formula is C21H26N4O2S. The SMILES string of the molecule is CC[C@H](C)NC(=O)CSc1nnc(-c2ccoc2C)n1CCc1ccccc1. The molecule has 0 bridgehead atoms. The summed E-state index contributed by atoms with van der Waals surface area (Å²) in [5.74, 6) is 1.91.